The quantitative estimate of drug-likeness (QED) is 0.0746. The number of phenols is 1. The van der Waals surface area contributed by atoms with Gasteiger partial charge < -0.3 is 36.3 Å². The van der Waals surface area contributed by atoms with Crippen LogP contribution in [0, 0.1) is 6.92 Å². The number of aromatic nitrogens is 2. The molecule has 1 atom stereocenters. The van der Waals surface area contributed by atoms with Crippen molar-refractivity contribution in [1.29, 1.82) is 0 Å². The lowest BCUT2D eigenvalue weighted by Gasteiger charge is -2.16. The first-order valence-corrected chi connectivity index (χ1v) is 17.7. The fourth-order valence-electron chi connectivity index (χ4n) is 6.38. The Labute approximate surface area is 309 Å². The van der Waals surface area contributed by atoms with Gasteiger partial charge in [0.05, 0.1) is 35.5 Å². The van der Waals surface area contributed by atoms with Crippen molar-refractivity contribution in [3.05, 3.63) is 148 Å². The van der Waals surface area contributed by atoms with Crippen LogP contribution in [0.2, 0.25) is 0 Å². The molecule has 0 radical (unpaired) electrons. The van der Waals surface area contributed by atoms with Crippen LogP contribution in [0.5, 0.6) is 11.5 Å². The van der Waals surface area contributed by atoms with Crippen LogP contribution in [0.15, 0.2) is 130 Å². The smallest absolute Gasteiger partial charge is 0.252 e. The SMILES string of the molecule is COc1cccc(Nc2c(C(N)=O)cnc3c(C)cc(Sc4cccc(-c5ccc(CNCC(O)c6ccc(O)c7[nH]c(=O)ccc67)cc5)c4)cc23)c1. The van der Waals surface area contributed by atoms with Gasteiger partial charge in [-0.2, -0.15) is 0 Å². The van der Waals surface area contributed by atoms with Gasteiger partial charge >= 0.3 is 0 Å². The number of hydrogen-bond acceptors (Lipinski definition) is 9. The zero-order valence-corrected chi connectivity index (χ0v) is 29.8. The summed E-state index contributed by atoms with van der Waals surface area (Å²) in [6.45, 7) is 2.83. The number of fused-ring (bicyclic) bond motifs is 2. The van der Waals surface area contributed by atoms with Crippen LogP contribution >= 0.6 is 11.8 Å². The predicted molar refractivity (Wildman–Crippen MR) is 210 cm³/mol. The molecule has 10 nitrogen and oxygen atoms in total. The van der Waals surface area contributed by atoms with E-state index in [0.717, 1.165) is 48.6 Å². The number of phenolic OH excluding ortho intramolecular Hbond substituents is 1. The first-order valence-electron chi connectivity index (χ1n) is 16.9. The van der Waals surface area contributed by atoms with Crippen molar-refractivity contribution in [3.8, 4) is 22.6 Å². The van der Waals surface area contributed by atoms with E-state index in [1.807, 2.05) is 43.3 Å². The number of aromatic hydroxyl groups is 1. The highest BCUT2D eigenvalue weighted by atomic mass is 32.2. The molecular formula is C42H37N5O5S. The number of nitrogens with zero attached hydrogens (tertiary/aromatic N) is 1. The maximum atomic E-state index is 12.5. The molecule has 266 valence electrons. The Hall–Kier alpha value is -6.14. The van der Waals surface area contributed by atoms with Gasteiger partial charge in [0.25, 0.3) is 5.91 Å². The third kappa shape index (κ3) is 7.73. The maximum absolute atomic E-state index is 12.5. The highest BCUT2D eigenvalue weighted by molar-refractivity contribution is 7.99. The third-order valence-electron chi connectivity index (χ3n) is 9.03. The van der Waals surface area contributed by atoms with Crippen molar-refractivity contribution >= 4 is 50.8 Å². The number of carbonyl (C=O) groups excluding carboxylic acids is 1. The van der Waals surface area contributed by atoms with E-state index in [2.05, 4.69) is 69.1 Å². The summed E-state index contributed by atoms with van der Waals surface area (Å²) in [6.07, 6.45) is 0.679. The summed E-state index contributed by atoms with van der Waals surface area (Å²) in [6, 6.07) is 34.3. The fraction of sp³-hybridized carbons (Fsp3) is 0.119. The molecule has 7 rings (SSSR count). The van der Waals surface area contributed by atoms with Gasteiger partial charge in [-0.3, -0.25) is 14.6 Å². The monoisotopic (exact) mass is 723 g/mol. The molecule has 0 fully saturated rings. The lowest BCUT2D eigenvalue weighted by atomic mass is 10.0. The summed E-state index contributed by atoms with van der Waals surface area (Å²) in [5.74, 6) is 0.0688. The summed E-state index contributed by atoms with van der Waals surface area (Å²) in [5.41, 5.74) is 13.0. The summed E-state index contributed by atoms with van der Waals surface area (Å²) >= 11 is 1.62. The summed E-state index contributed by atoms with van der Waals surface area (Å²) in [5, 5.41) is 29.1. The number of methoxy groups -OCH3 is 1. The number of aliphatic hydroxyl groups is 1. The molecule has 2 aromatic heterocycles. The molecule has 0 bridgehead atoms. The molecule has 5 aromatic carbocycles. The number of nitrogens with two attached hydrogens (primary N) is 1. The lowest BCUT2D eigenvalue weighted by molar-refractivity contribution is 0.100. The average Bonchev–Trinajstić information content (AvgIpc) is 3.16. The summed E-state index contributed by atoms with van der Waals surface area (Å²) < 4.78 is 5.39. The number of aliphatic hydroxyl groups excluding tert-OH is 1. The summed E-state index contributed by atoms with van der Waals surface area (Å²) in [7, 11) is 1.61. The van der Waals surface area contributed by atoms with Gasteiger partial charge in [0.2, 0.25) is 5.56 Å². The van der Waals surface area contributed by atoms with Crippen molar-refractivity contribution in [2.75, 3.05) is 19.0 Å². The van der Waals surface area contributed by atoms with Crippen molar-refractivity contribution in [2.45, 2.75) is 29.4 Å². The molecule has 7 aromatic rings. The number of aromatic amines is 1. The zero-order valence-electron chi connectivity index (χ0n) is 29.0. The van der Waals surface area contributed by atoms with E-state index >= 15 is 0 Å². The fourth-order valence-corrected chi connectivity index (χ4v) is 7.39. The van der Waals surface area contributed by atoms with Crippen LogP contribution in [0.3, 0.4) is 0 Å². The lowest BCUT2D eigenvalue weighted by Crippen LogP contribution is -2.21. The topological polar surface area (TPSA) is 163 Å². The Morgan fingerprint density at radius 1 is 0.925 bits per heavy atom. The molecule has 1 amide bonds. The normalized spacial score (nSPS) is 11.8. The number of carbonyl (C=O) groups is 1. The van der Waals surface area contributed by atoms with E-state index < -0.39 is 12.0 Å². The number of benzene rings is 5. The van der Waals surface area contributed by atoms with Gasteiger partial charge in [0, 0.05) is 57.7 Å². The first kappa shape index (κ1) is 35.3. The van der Waals surface area contributed by atoms with Gasteiger partial charge in [0.1, 0.15) is 11.5 Å². The molecule has 53 heavy (non-hydrogen) atoms. The molecule has 0 spiro atoms. The molecule has 0 aliphatic carbocycles. The number of anilines is 2. The van der Waals surface area contributed by atoms with Gasteiger partial charge in [-0.05, 0) is 83.3 Å². The number of H-pyrrole nitrogens is 1. The summed E-state index contributed by atoms with van der Waals surface area (Å²) in [4.78, 5) is 33.5. The molecule has 0 saturated heterocycles. The van der Waals surface area contributed by atoms with Crippen LogP contribution in [-0.2, 0) is 6.54 Å². The van der Waals surface area contributed by atoms with Crippen LogP contribution in [0.4, 0.5) is 11.4 Å². The van der Waals surface area contributed by atoms with E-state index in [4.69, 9.17) is 10.5 Å². The van der Waals surface area contributed by atoms with E-state index in [9.17, 15) is 19.8 Å². The second-order valence-corrected chi connectivity index (χ2v) is 13.8. The molecule has 0 aliphatic heterocycles. The van der Waals surface area contributed by atoms with Crippen molar-refractivity contribution in [2.24, 2.45) is 5.73 Å². The molecule has 1 unspecified atom stereocenters. The molecule has 0 saturated carbocycles. The number of primary amides is 1. The third-order valence-corrected chi connectivity index (χ3v) is 9.99. The number of ether oxygens (including phenoxy) is 1. The van der Waals surface area contributed by atoms with Gasteiger partial charge in [-0.15, -0.1) is 0 Å². The van der Waals surface area contributed by atoms with Crippen molar-refractivity contribution < 1.29 is 19.7 Å². The Morgan fingerprint density at radius 2 is 1.74 bits per heavy atom. The van der Waals surface area contributed by atoms with E-state index in [-0.39, 0.29) is 17.9 Å². The number of rotatable bonds is 12. The van der Waals surface area contributed by atoms with Gasteiger partial charge in [0.15, 0.2) is 0 Å². The minimum atomic E-state index is -0.841. The number of amides is 1. The Morgan fingerprint density at radius 3 is 2.53 bits per heavy atom. The molecule has 11 heteroatoms. The molecule has 7 N–H and O–H groups in total. The Balaban J connectivity index is 1.06. The van der Waals surface area contributed by atoms with E-state index in [1.54, 1.807) is 31.0 Å². The first-order chi connectivity index (χ1) is 25.7. The zero-order chi connectivity index (χ0) is 37.1. The van der Waals surface area contributed by atoms with E-state index in [0.29, 0.717) is 40.0 Å². The number of nitrogens with one attached hydrogen (secondary N) is 3. The van der Waals surface area contributed by atoms with Crippen LogP contribution in [-0.4, -0.2) is 39.7 Å². The number of hydrogen-bond donors (Lipinski definition) is 6. The van der Waals surface area contributed by atoms with Gasteiger partial charge in [-0.1, -0.05) is 60.3 Å². The van der Waals surface area contributed by atoms with Crippen LogP contribution in [0.25, 0.3) is 32.9 Å². The molecule has 0 aliphatic rings. The van der Waals surface area contributed by atoms with Crippen LogP contribution in [0.1, 0.15) is 33.2 Å². The van der Waals surface area contributed by atoms with Crippen molar-refractivity contribution in [1.82, 2.24) is 15.3 Å². The second kappa shape index (κ2) is 15.2. The minimum Gasteiger partial charge on any atom is -0.506 e. The van der Waals surface area contributed by atoms with Crippen LogP contribution < -0.4 is 26.7 Å². The largest absolute Gasteiger partial charge is 0.506 e. The predicted octanol–water partition coefficient (Wildman–Crippen LogP) is 7.58. The van der Waals surface area contributed by atoms with Crippen molar-refractivity contribution in [3.63, 3.8) is 0 Å². The Kier molecular flexibility index (Phi) is 10.1. The highest BCUT2D eigenvalue weighted by Crippen LogP contribution is 2.38. The van der Waals surface area contributed by atoms with Gasteiger partial charge in [-0.25, -0.2) is 0 Å². The highest BCUT2D eigenvalue weighted by Gasteiger charge is 2.17. The maximum Gasteiger partial charge on any atom is 0.252 e. The number of pyridine rings is 2. The number of aryl methyl sites for hydroxylation is 1. The molecular weight excluding hydrogens is 687 g/mol. The average molecular weight is 724 g/mol. The van der Waals surface area contributed by atoms with E-state index in [1.165, 1.54) is 18.3 Å². The molecule has 2 heterocycles. The minimum absolute atomic E-state index is 0.0417. The Bertz CT molecular complexity index is 2540. The standard InChI is InChI=1S/C42H37N5O5S/c1-24-17-31(20-34-39(24)45-22-35(42(43)51)40(34)46-28-6-4-7-29(19-28)52-2)53-30-8-3-5-27(18-30)26-11-9-25(10-12-26)21-44-23-37(49)32-13-15-36(48)41-33(32)14-16-38(50)47-41/h3-20,22,37,44,48-49H,21,23H2,1-2H3,(H2,43,51)(H,45,46)(H,47,50). The second-order valence-electron chi connectivity index (χ2n) is 12.7.